The second-order valence-corrected chi connectivity index (χ2v) is 6.63. The average Bonchev–Trinajstić information content (AvgIpc) is 3.06. The lowest BCUT2D eigenvalue weighted by Gasteiger charge is -2.05. The third kappa shape index (κ3) is 5.09. The van der Waals surface area contributed by atoms with Crippen molar-refractivity contribution in [3.63, 3.8) is 0 Å². The van der Waals surface area contributed by atoms with Gasteiger partial charge in [0.1, 0.15) is 17.5 Å². The van der Waals surface area contributed by atoms with Crippen molar-refractivity contribution in [2.24, 2.45) is 0 Å². The first-order valence-electron chi connectivity index (χ1n) is 9.33. The van der Waals surface area contributed by atoms with E-state index in [1.807, 2.05) is 47.2 Å². The zero-order valence-corrected chi connectivity index (χ0v) is 16.2. The molecule has 0 aliphatic heterocycles. The first-order chi connectivity index (χ1) is 14.1. The number of para-hydroxylation sites is 1. The molecule has 0 radical (unpaired) electrons. The Bertz CT molecular complexity index is 1080. The van der Waals surface area contributed by atoms with Gasteiger partial charge in [0.15, 0.2) is 0 Å². The number of fused-ring (bicyclic) bond motifs is 1. The van der Waals surface area contributed by atoms with Gasteiger partial charge in [-0.05, 0) is 36.3 Å². The molecule has 1 aromatic heterocycles. The molecular formula is C23H22FN3O2. The summed E-state index contributed by atoms with van der Waals surface area (Å²) < 4.78 is 20.5. The van der Waals surface area contributed by atoms with Gasteiger partial charge in [0.2, 0.25) is 0 Å². The van der Waals surface area contributed by atoms with Gasteiger partial charge in [-0.15, -0.1) is 0 Å². The summed E-state index contributed by atoms with van der Waals surface area (Å²) in [4.78, 5) is 12.3. The SMILES string of the molecule is COCCCNC(=O)/C(C#N)=C/c1cn(Cc2cccc(F)c2)c2ccccc12. The minimum atomic E-state index is -0.412. The van der Waals surface area contributed by atoms with E-state index in [0.29, 0.717) is 26.1 Å². The van der Waals surface area contributed by atoms with Crippen molar-refractivity contribution >= 4 is 22.9 Å². The molecule has 2 aromatic carbocycles. The van der Waals surface area contributed by atoms with Crippen molar-refractivity contribution in [2.75, 3.05) is 20.3 Å². The number of amides is 1. The highest BCUT2D eigenvalue weighted by atomic mass is 19.1. The Balaban J connectivity index is 1.90. The molecule has 0 bridgehead atoms. The highest BCUT2D eigenvalue weighted by Crippen LogP contribution is 2.24. The molecule has 0 spiro atoms. The van der Waals surface area contributed by atoms with E-state index in [4.69, 9.17) is 4.74 Å². The van der Waals surface area contributed by atoms with Crippen molar-refractivity contribution in [1.82, 2.24) is 9.88 Å². The Labute approximate surface area is 169 Å². The predicted octanol–water partition coefficient (Wildman–Crippen LogP) is 3.89. The largest absolute Gasteiger partial charge is 0.385 e. The Morgan fingerprint density at radius 1 is 1.28 bits per heavy atom. The lowest BCUT2D eigenvalue weighted by molar-refractivity contribution is -0.117. The highest BCUT2D eigenvalue weighted by molar-refractivity contribution is 6.04. The van der Waals surface area contributed by atoms with E-state index in [1.54, 1.807) is 19.3 Å². The number of carbonyl (C=O) groups excluding carboxylic acids is 1. The second kappa shape index (κ2) is 9.67. The number of aromatic nitrogens is 1. The molecule has 0 saturated carbocycles. The molecule has 1 heterocycles. The van der Waals surface area contributed by atoms with Gasteiger partial charge in [-0.25, -0.2) is 4.39 Å². The Kier molecular flexibility index (Phi) is 6.77. The summed E-state index contributed by atoms with van der Waals surface area (Å²) in [5.41, 5.74) is 2.58. The van der Waals surface area contributed by atoms with Crippen molar-refractivity contribution in [3.05, 3.63) is 77.2 Å². The summed E-state index contributed by atoms with van der Waals surface area (Å²) in [6.45, 7) is 1.46. The van der Waals surface area contributed by atoms with Gasteiger partial charge in [0.25, 0.3) is 5.91 Å². The molecule has 0 fully saturated rings. The monoisotopic (exact) mass is 391 g/mol. The van der Waals surface area contributed by atoms with Gasteiger partial charge in [-0.2, -0.15) is 5.26 Å². The maximum Gasteiger partial charge on any atom is 0.261 e. The number of hydrogen-bond acceptors (Lipinski definition) is 3. The maximum absolute atomic E-state index is 13.5. The number of rotatable bonds is 8. The van der Waals surface area contributed by atoms with E-state index < -0.39 is 5.91 Å². The number of benzene rings is 2. The molecule has 0 unspecified atom stereocenters. The third-order valence-electron chi connectivity index (χ3n) is 4.54. The van der Waals surface area contributed by atoms with Crippen LogP contribution in [0.25, 0.3) is 17.0 Å². The first kappa shape index (κ1) is 20.3. The molecule has 29 heavy (non-hydrogen) atoms. The third-order valence-corrected chi connectivity index (χ3v) is 4.54. The Morgan fingerprint density at radius 2 is 2.10 bits per heavy atom. The maximum atomic E-state index is 13.5. The molecule has 0 aliphatic carbocycles. The number of carbonyl (C=O) groups is 1. The van der Waals surface area contributed by atoms with E-state index in [2.05, 4.69) is 5.32 Å². The van der Waals surface area contributed by atoms with Crippen LogP contribution in [-0.4, -0.2) is 30.7 Å². The molecule has 3 rings (SSSR count). The van der Waals surface area contributed by atoms with E-state index in [9.17, 15) is 14.4 Å². The van der Waals surface area contributed by atoms with Crippen LogP contribution in [0.5, 0.6) is 0 Å². The van der Waals surface area contributed by atoms with Crippen LogP contribution in [0.3, 0.4) is 0 Å². The molecule has 0 atom stereocenters. The molecule has 1 amide bonds. The number of nitriles is 1. The fraction of sp³-hybridized carbons (Fsp3) is 0.217. The molecule has 0 aliphatic rings. The summed E-state index contributed by atoms with van der Waals surface area (Å²) in [5, 5.41) is 13.1. The summed E-state index contributed by atoms with van der Waals surface area (Å²) >= 11 is 0. The lowest BCUT2D eigenvalue weighted by atomic mass is 10.1. The minimum absolute atomic E-state index is 0.0380. The number of hydrogen-bond donors (Lipinski definition) is 1. The zero-order valence-electron chi connectivity index (χ0n) is 16.2. The summed E-state index contributed by atoms with van der Waals surface area (Å²) in [6, 6.07) is 16.2. The standard InChI is InChI=1S/C23H22FN3O2/c1-29-11-5-10-26-23(28)18(14-25)13-19-16-27(22-9-3-2-8-21(19)22)15-17-6-4-7-20(24)12-17/h2-4,6-9,12-13,16H,5,10-11,15H2,1H3,(H,26,28)/b18-13+. The molecule has 3 aromatic rings. The van der Waals surface area contributed by atoms with Crippen molar-refractivity contribution in [3.8, 4) is 6.07 Å². The first-order valence-corrected chi connectivity index (χ1v) is 9.33. The van der Waals surface area contributed by atoms with Crippen molar-refractivity contribution < 1.29 is 13.9 Å². The molecule has 0 saturated heterocycles. The molecule has 6 heteroatoms. The molecule has 148 valence electrons. The van der Waals surface area contributed by atoms with Crippen LogP contribution in [0.4, 0.5) is 4.39 Å². The molecule has 5 nitrogen and oxygen atoms in total. The van der Waals surface area contributed by atoms with Crippen LogP contribution in [0, 0.1) is 17.1 Å². The Morgan fingerprint density at radius 3 is 2.86 bits per heavy atom. The van der Waals surface area contributed by atoms with E-state index in [1.165, 1.54) is 12.1 Å². The number of nitrogens with zero attached hydrogens (tertiary/aromatic N) is 2. The lowest BCUT2D eigenvalue weighted by Crippen LogP contribution is -2.26. The number of methoxy groups -OCH3 is 1. The van der Waals surface area contributed by atoms with Gasteiger partial charge < -0.3 is 14.6 Å². The van der Waals surface area contributed by atoms with Crippen LogP contribution in [-0.2, 0) is 16.1 Å². The van der Waals surface area contributed by atoms with Crippen LogP contribution >= 0.6 is 0 Å². The topological polar surface area (TPSA) is 67.0 Å². The van der Waals surface area contributed by atoms with E-state index in [-0.39, 0.29) is 11.4 Å². The van der Waals surface area contributed by atoms with Crippen molar-refractivity contribution in [1.29, 1.82) is 5.26 Å². The number of ether oxygens (including phenoxy) is 1. The van der Waals surface area contributed by atoms with Crippen molar-refractivity contribution in [2.45, 2.75) is 13.0 Å². The second-order valence-electron chi connectivity index (χ2n) is 6.63. The fourth-order valence-corrected chi connectivity index (χ4v) is 3.17. The predicted molar refractivity (Wildman–Crippen MR) is 111 cm³/mol. The smallest absolute Gasteiger partial charge is 0.261 e. The fourth-order valence-electron chi connectivity index (χ4n) is 3.17. The quantitative estimate of drug-likeness (QED) is 0.360. The number of nitrogens with one attached hydrogen (secondary N) is 1. The summed E-state index contributed by atoms with van der Waals surface area (Å²) in [5.74, 6) is -0.693. The van der Waals surface area contributed by atoms with Crippen LogP contribution < -0.4 is 5.32 Å². The average molecular weight is 391 g/mol. The number of halogens is 1. The van der Waals surface area contributed by atoms with Crippen LogP contribution in [0.2, 0.25) is 0 Å². The van der Waals surface area contributed by atoms with Crippen LogP contribution in [0.1, 0.15) is 17.5 Å². The van der Waals surface area contributed by atoms with Gasteiger partial charge in [-0.3, -0.25) is 4.79 Å². The van der Waals surface area contributed by atoms with E-state index >= 15 is 0 Å². The zero-order chi connectivity index (χ0) is 20.6. The normalized spacial score (nSPS) is 11.4. The Hall–Kier alpha value is -3.43. The van der Waals surface area contributed by atoms with Gasteiger partial charge >= 0.3 is 0 Å². The molecule has 1 N–H and O–H groups in total. The summed E-state index contributed by atoms with van der Waals surface area (Å²) in [6.07, 6.45) is 4.15. The minimum Gasteiger partial charge on any atom is -0.385 e. The van der Waals surface area contributed by atoms with E-state index in [0.717, 1.165) is 22.0 Å². The molecular weight excluding hydrogens is 369 g/mol. The summed E-state index contributed by atoms with van der Waals surface area (Å²) in [7, 11) is 1.60. The van der Waals surface area contributed by atoms with Crippen LogP contribution in [0.15, 0.2) is 60.3 Å². The van der Waals surface area contributed by atoms with Gasteiger partial charge in [0, 0.05) is 49.5 Å². The highest BCUT2D eigenvalue weighted by Gasteiger charge is 2.12. The van der Waals surface area contributed by atoms with Gasteiger partial charge in [-0.1, -0.05) is 30.3 Å². The van der Waals surface area contributed by atoms with Gasteiger partial charge in [0.05, 0.1) is 0 Å².